The van der Waals surface area contributed by atoms with Crippen LogP contribution >= 0.6 is 11.6 Å². The molecule has 0 bridgehead atoms. The third kappa shape index (κ3) is 3.28. The van der Waals surface area contributed by atoms with E-state index in [1.807, 2.05) is 11.8 Å². The monoisotopic (exact) mass is 414 g/mol. The van der Waals surface area contributed by atoms with E-state index in [1.165, 1.54) is 10.6 Å². The second-order valence-electron chi connectivity index (χ2n) is 6.95. The maximum atomic E-state index is 14.4. The third-order valence-corrected chi connectivity index (χ3v) is 5.38. The molecule has 1 atom stereocenters. The molecule has 9 heteroatoms. The molecule has 4 rings (SSSR count). The van der Waals surface area contributed by atoms with Gasteiger partial charge in [-0.2, -0.15) is 4.98 Å². The fraction of sp³-hybridized carbons (Fsp3) is 0.300. The normalized spacial score (nSPS) is 17.0. The van der Waals surface area contributed by atoms with E-state index in [0.717, 1.165) is 5.56 Å². The highest BCUT2D eigenvalue weighted by molar-refractivity contribution is 6.30. The quantitative estimate of drug-likeness (QED) is 0.524. The van der Waals surface area contributed by atoms with Crippen molar-refractivity contribution in [1.29, 1.82) is 0 Å². The molecule has 150 valence electrons. The van der Waals surface area contributed by atoms with E-state index < -0.39 is 11.5 Å². The van der Waals surface area contributed by atoms with Crippen LogP contribution in [0.2, 0.25) is 5.15 Å². The third-order valence-electron chi connectivity index (χ3n) is 5.12. The molecular formula is C20H20ClFN6O. The number of hydrogen-bond donors (Lipinski definition) is 1. The number of aryl methyl sites for hydroxylation is 2. The van der Waals surface area contributed by atoms with Crippen LogP contribution in [0.1, 0.15) is 11.3 Å². The molecular weight excluding hydrogens is 395 g/mol. The van der Waals surface area contributed by atoms with Crippen molar-refractivity contribution >= 4 is 28.5 Å². The number of nitrogens with zero attached hydrogens (tertiary/aromatic N) is 5. The fourth-order valence-electron chi connectivity index (χ4n) is 3.73. The smallest absolute Gasteiger partial charge is 0.347 e. The van der Waals surface area contributed by atoms with E-state index in [1.54, 1.807) is 25.3 Å². The Kier molecular flexibility index (Phi) is 5.06. The highest BCUT2D eigenvalue weighted by atomic mass is 35.5. The van der Waals surface area contributed by atoms with E-state index in [-0.39, 0.29) is 16.8 Å². The lowest BCUT2D eigenvalue weighted by Crippen LogP contribution is -2.51. The van der Waals surface area contributed by atoms with Crippen molar-refractivity contribution in [3.8, 4) is 5.69 Å². The number of halogens is 2. The van der Waals surface area contributed by atoms with Gasteiger partial charge in [0, 0.05) is 25.8 Å². The Hall–Kier alpha value is -2.84. The highest BCUT2D eigenvalue weighted by Crippen LogP contribution is 2.30. The predicted molar refractivity (Wildman–Crippen MR) is 112 cm³/mol. The van der Waals surface area contributed by atoms with E-state index in [0.29, 0.717) is 42.2 Å². The van der Waals surface area contributed by atoms with E-state index in [2.05, 4.69) is 26.8 Å². The van der Waals surface area contributed by atoms with Crippen molar-refractivity contribution in [3.05, 3.63) is 63.7 Å². The second kappa shape index (κ2) is 7.53. The number of hydrogen-bond acceptors (Lipinski definition) is 6. The first-order valence-corrected chi connectivity index (χ1v) is 9.61. The summed E-state index contributed by atoms with van der Waals surface area (Å²) in [5, 5.41) is 3.38. The first-order chi connectivity index (χ1) is 13.9. The average Bonchev–Trinajstić information content (AvgIpc) is 2.70. The van der Waals surface area contributed by atoms with Crippen molar-refractivity contribution < 1.29 is 4.39 Å². The van der Waals surface area contributed by atoms with Crippen molar-refractivity contribution in [2.45, 2.75) is 19.9 Å². The largest absolute Gasteiger partial charge is 0.355 e. The Morgan fingerprint density at radius 1 is 1.38 bits per heavy atom. The van der Waals surface area contributed by atoms with Crippen molar-refractivity contribution in [2.24, 2.45) is 0 Å². The van der Waals surface area contributed by atoms with Gasteiger partial charge in [0.05, 0.1) is 22.8 Å². The number of rotatable bonds is 3. The summed E-state index contributed by atoms with van der Waals surface area (Å²) in [4.78, 5) is 28.0. The van der Waals surface area contributed by atoms with Gasteiger partial charge in [0.15, 0.2) is 16.6 Å². The number of anilines is 1. The highest BCUT2D eigenvalue weighted by Gasteiger charge is 2.26. The lowest BCUT2D eigenvalue weighted by Gasteiger charge is -2.35. The van der Waals surface area contributed by atoms with Crippen LogP contribution in [0.3, 0.4) is 0 Å². The number of aromatic nitrogens is 4. The maximum absolute atomic E-state index is 14.4. The minimum Gasteiger partial charge on any atom is -0.347 e. The van der Waals surface area contributed by atoms with Crippen LogP contribution in [0.5, 0.6) is 0 Å². The SMILES string of the molecule is C=CC1CNCCN1c1nc(=O)n(-c2c(C)ccnc2C)c2nc(Cl)c(F)cc12. The van der Waals surface area contributed by atoms with Gasteiger partial charge >= 0.3 is 5.69 Å². The second-order valence-corrected chi connectivity index (χ2v) is 7.31. The Labute approximate surface area is 171 Å². The molecule has 7 nitrogen and oxygen atoms in total. The fourth-order valence-corrected chi connectivity index (χ4v) is 3.86. The van der Waals surface area contributed by atoms with Gasteiger partial charge in [-0.3, -0.25) is 4.98 Å². The van der Waals surface area contributed by atoms with Gasteiger partial charge in [-0.15, -0.1) is 6.58 Å². The van der Waals surface area contributed by atoms with Crippen LogP contribution in [-0.4, -0.2) is 45.2 Å². The zero-order valence-corrected chi connectivity index (χ0v) is 16.9. The molecule has 3 aromatic rings. The first kappa shape index (κ1) is 19.5. The molecule has 1 unspecified atom stereocenters. The summed E-state index contributed by atoms with van der Waals surface area (Å²) in [5.74, 6) is -0.299. The predicted octanol–water partition coefficient (Wildman–Crippen LogP) is 2.55. The molecule has 1 N–H and O–H groups in total. The van der Waals surface area contributed by atoms with Crippen LogP contribution in [0.15, 0.2) is 35.8 Å². The molecule has 0 radical (unpaired) electrons. The average molecular weight is 415 g/mol. The molecule has 0 saturated carbocycles. The van der Waals surface area contributed by atoms with E-state index in [9.17, 15) is 9.18 Å². The van der Waals surface area contributed by atoms with Gasteiger partial charge in [-0.1, -0.05) is 17.7 Å². The summed E-state index contributed by atoms with van der Waals surface area (Å²) in [7, 11) is 0. The summed E-state index contributed by atoms with van der Waals surface area (Å²) in [6.45, 7) is 9.49. The van der Waals surface area contributed by atoms with Crippen LogP contribution < -0.4 is 15.9 Å². The van der Waals surface area contributed by atoms with Gasteiger partial charge < -0.3 is 10.2 Å². The molecule has 29 heavy (non-hydrogen) atoms. The Morgan fingerprint density at radius 2 is 2.17 bits per heavy atom. The Bertz CT molecular complexity index is 1160. The van der Waals surface area contributed by atoms with E-state index >= 15 is 0 Å². The minimum absolute atomic E-state index is 0.0877. The summed E-state index contributed by atoms with van der Waals surface area (Å²) >= 11 is 6.00. The lowest BCUT2D eigenvalue weighted by atomic mass is 10.1. The molecule has 1 aliphatic heterocycles. The minimum atomic E-state index is -0.669. The summed E-state index contributed by atoms with van der Waals surface area (Å²) < 4.78 is 15.7. The molecule has 0 aromatic carbocycles. The van der Waals surface area contributed by atoms with E-state index in [4.69, 9.17) is 11.6 Å². The number of pyridine rings is 2. The van der Waals surface area contributed by atoms with Gasteiger partial charge in [0.2, 0.25) is 0 Å². The standard InChI is InChI=1S/C20H20ClFN6O/c1-4-13-10-23-7-8-27(13)18-14-9-15(22)17(21)25-19(14)28(20(29)26-18)16-11(2)5-6-24-12(16)3/h4-6,9,13,23H,1,7-8,10H2,2-3H3. The Balaban J connectivity index is 2.08. The maximum Gasteiger partial charge on any atom is 0.355 e. The topological polar surface area (TPSA) is 75.9 Å². The molecule has 0 spiro atoms. The molecule has 0 amide bonds. The molecule has 4 heterocycles. The summed E-state index contributed by atoms with van der Waals surface area (Å²) in [6.07, 6.45) is 3.44. The first-order valence-electron chi connectivity index (χ1n) is 9.23. The van der Waals surface area contributed by atoms with Crippen molar-refractivity contribution in [2.75, 3.05) is 24.5 Å². The molecule has 1 aliphatic rings. The van der Waals surface area contributed by atoms with Crippen LogP contribution in [-0.2, 0) is 0 Å². The van der Waals surface area contributed by atoms with Crippen LogP contribution in [0, 0.1) is 19.7 Å². The Morgan fingerprint density at radius 3 is 2.90 bits per heavy atom. The number of nitrogens with one attached hydrogen (secondary N) is 1. The molecule has 1 saturated heterocycles. The lowest BCUT2D eigenvalue weighted by molar-refractivity contribution is 0.526. The van der Waals surface area contributed by atoms with Gasteiger partial charge in [0.25, 0.3) is 0 Å². The van der Waals surface area contributed by atoms with Crippen molar-refractivity contribution in [1.82, 2.24) is 24.8 Å². The number of fused-ring (bicyclic) bond motifs is 1. The summed E-state index contributed by atoms with van der Waals surface area (Å²) in [6, 6.07) is 2.99. The zero-order chi connectivity index (χ0) is 20.7. The molecule has 1 fully saturated rings. The van der Waals surface area contributed by atoms with Gasteiger partial charge in [0.1, 0.15) is 5.82 Å². The number of piperazine rings is 1. The zero-order valence-electron chi connectivity index (χ0n) is 16.1. The molecule has 0 aliphatic carbocycles. The van der Waals surface area contributed by atoms with Gasteiger partial charge in [-0.05, 0) is 31.5 Å². The van der Waals surface area contributed by atoms with Crippen LogP contribution in [0.4, 0.5) is 10.2 Å². The van der Waals surface area contributed by atoms with Crippen molar-refractivity contribution in [3.63, 3.8) is 0 Å². The summed E-state index contributed by atoms with van der Waals surface area (Å²) in [5.41, 5.74) is 1.74. The van der Waals surface area contributed by atoms with Crippen LogP contribution in [0.25, 0.3) is 16.7 Å². The molecule has 3 aromatic heterocycles. The van der Waals surface area contributed by atoms with Gasteiger partial charge in [-0.25, -0.2) is 18.7 Å².